The zero-order chi connectivity index (χ0) is 19.6. The van der Waals surface area contributed by atoms with Gasteiger partial charge in [-0.3, -0.25) is 0 Å². The standard InChI is InChI=1S/C20H10F2N2O2S/c21-17-5-1-13(2-6-17)19-9-15(16(11-23)12-24)10-20(27(19,25)26)14-3-7-18(22)8-4-14/h1-10H. The molecule has 0 amide bonds. The summed E-state index contributed by atoms with van der Waals surface area (Å²) in [7, 11) is -4.05. The van der Waals surface area contributed by atoms with E-state index in [1.54, 1.807) is 12.1 Å². The molecule has 0 saturated carbocycles. The van der Waals surface area contributed by atoms with Crippen molar-refractivity contribution in [2.24, 2.45) is 0 Å². The summed E-state index contributed by atoms with van der Waals surface area (Å²) in [6.07, 6.45) is 2.41. The number of nitriles is 2. The maximum absolute atomic E-state index is 13.2. The predicted molar refractivity (Wildman–Crippen MR) is 95.9 cm³/mol. The second-order valence-electron chi connectivity index (χ2n) is 5.59. The molecule has 0 unspecified atom stereocenters. The zero-order valence-electron chi connectivity index (χ0n) is 13.6. The van der Waals surface area contributed by atoms with Crippen LogP contribution in [-0.2, 0) is 9.84 Å². The van der Waals surface area contributed by atoms with Crippen LogP contribution >= 0.6 is 0 Å². The molecular weight excluding hydrogens is 370 g/mol. The lowest BCUT2D eigenvalue weighted by molar-refractivity contribution is 0.614. The maximum atomic E-state index is 13.2. The molecule has 132 valence electrons. The molecule has 2 aromatic rings. The Hall–Kier alpha value is -3.55. The lowest BCUT2D eigenvalue weighted by Gasteiger charge is -2.18. The average Bonchev–Trinajstić information content (AvgIpc) is 2.65. The van der Waals surface area contributed by atoms with Crippen LogP contribution < -0.4 is 0 Å². The Bertz CT molecular complexity index is 1110. The van der Waals surface area contributed by atoms with Gasteiger partial charge in [0.05, 0.1) is 9.81 Å². The minimum atomic E-state index is -4.05. The number of sulfone groups is 1. The largest absolute Gasteiger partial charge is 0.218 e. The first-order valence-corrected chi connectivity index (χ1v) is 9.10. The number of benzene rings is 2. The molecule has 1 aliphatic heterocycles. The number of hydrogen-bond acceptors (Lipinski definition) is 4. The SMILES string of the molecule is N#CC(C#N)=C1C=C(c2ccc(F)cc2)S(=O)(=O)C(c2ccc(F)cc2)=C1. The van der Waals surface area contributed by atoms with Crippen LogP contribution in [0.25, 0.3) is 9.81 Å². The Morgan fingerprint density at radius 3 is 1.44 bits per heavy atom. The minimum absolute atomic E-state index is 0.105. The molecule has 0 N–H and O–H groups in total. The summed E-state index contributed by atoms with van der Waals surface area (Å²) in [4.78, 5) is -0.357. The van der Waals surface area contributed by atoms with Crippen LogP contribution in [-0.4, -0.2) is 8.42 Å². The van der Waals surface area contributed by atoms with Gasteiger partial charge in [0.2, 0.25) is 9.84 Å². The molecule has 27 heavy (non-hydrogen) atoms. The van der Waals surface area contributed by atoms with E-state index in [0.717, 1.165) is 24.3 Å². The van der Waals surface area contributed by atoms with E-state index in [0.29, 0.717) is 0 Å². The predicted octanol–water partition coefficient (Wildman–Crippen LogP) is 4.12. The third kappa shape index (κ3) is 3.41. The van der Waals surface area contributed by atoms with Crippen LogP contribution in [0.2, 0.25) is 0 Å². The summed E-state index contributed by atoms with van der Waals surface area (Å²) in [5, 5.41) is 18.3. The summed E-state index contributed by atoms with van der Waals surface area (Å²) >= 11 is 0. The lowest BCUT2D eigenvalue weighted by Crippen LogP contribution is -2.11. The van der Waals surface area contributed by atoms with E-state index in [1.165, 1.54) is 36.4 Å². The third-order valence-electron chi connectivity index (χ3n) is 3.92. The molecule has 1 aliphatic rings. The van der Waals surface area contributed by atoms with Crippen LogP contribution in [0.15, 0.2) is 71.8 Å². The van der Waals surface area contributed by atoms with Crippen LogP contribution in [0.4, 0.5) is 8.78 Å². The second-order valence-corrected chi connectivity index (χ2v) is 7.47. The summed E-state index contributed by atoms with van der Waals surface area (Å²) in [6, 6.07) is 13.1. The zero-order valence-corrected chi connectivity index (χ0v) is 14.5. The number of rotatable bonds is 2. The molecule has 0 aromatic heterocycles. The topological polar surface area (TPSA) is 81.7 Å². The van der Waals surface area contributed by atoms with Crippen molar-refractivity contribution < 1.29 is 17.2 Å². The van der Waals surface area contributed by atoms with Crippen molar-refractivity contribution in [2.75, 3.05) is 0 Å². The van der Waals surface area contributed by atoms with Crippen molar-refractivity contribution in [1.29, 1.82) is 10.5 Å². The first-order valence-electron chi connectivity index (χ1n) is 7.61. The van der Waals surface area contributed by atoms with Gasteiger partial charge < -0.3 is 0 Å². The third-order valence-corrected chi connectivity index (χ3v) is 5.79. The molecule has 0 radical (unpaired) electrons. The van der Waals surface area contributed by atoms with E-state index in [2.05, 4.69) is 0 Å². The Morgan fingerprint density at radius 2 is 1.11 bits per heavy atom. The van der Waals surface area contributed by atoms with Crippen LogP contribution in [0.5, 0.6) is 0 Å². The Kier molecular flexibility index (Phi) is 4.72. The van der Waals surface area contributed by atoms with Crippen molar-refractivity contribution in [2.45, 2.75) is 0 Å². The summed E-state index contributed by atoms with van der Waals surface area (Å²) < 4.78 is 52.7. The van der Waals surface area contributed by atoms with E-state index in [9.17, 15) is 17.2 Å². The van der Waals surface area contributed by atoms with Gasteiger partial charge in [0, 0.05) is 5.57 Å². The Labute approximate surface area is 154 Å². The molecule has 0 fully saturated rings. The molecule has 2 aromatic carbocycles. The molecule has 0 spiro atoms. The van der Waals surface area contributed by atoms with Crippen LogP contribution in [0.1, 0.15) is 11.1 Å². The highest BCUT2D eigenvalue weighted by Gasteiger charge is 2.30. The van der Waals surface area contributed by atoms with Crippen LogP contribution in [0, 0.1) is 34.3 Å². The van der Waals surface area contributed by atoms with Gasteiger partial charge in [0.15, 0.2) is 0 Å². The summed E-state index contributed by atoms with van der Waals surface area (Å²) in [5.74, 6) is -1.07. The molecule has 0 atom stereocenters. The van der Waals surface area contributed by atoms with Gasteiger partial charge in [-0.1, -0.05) is 24.3 Å². The number of halogens is 2. The van der Waals surface area contributed by atoms with Crippen molar-refractivity contribution in [1.82, 2.24) is 0 Å². The average molecular weight is 380 g/mol. The van der Waals surface area contributed by atoms with Gasteiger partial charge in [-0.25, -0.2) is 17.2 Å². The molecule has 4 nitrogen and oxygen atoms in total. The van der Waals surface area contributed by atoms with Crippen molar-refractivity contribution in [3.05, 3.63) is 94.6 Å². The monoisotopic (exact) mass is 380 g/mol. The van der Waals surface area contributed by atoms with Gasteiger partial charge >= 0.3 is 0 Å². The smallest absolute Gasteiger partial charge is 0.207 e. The first kappa shape index (κ1) is 18.2. The highest BCUT2D eigenvalue weighted by Crippen LogP contribution is 2.39. The Morgan fingerprint density at radius 1 is 0.741 bits per heavy atom. The fourth-order valence-electron chi connectivity index (χ4n) is 2.60. The molecular formula is C20H10F2N2O2S. The molecule has 3 rings (SSSR count). The number of hydrogen-bond donors (Lipinski definition) is 0. The maximum Gasteiger partial charge on any atom is 0.207 e. The van der Waals surface area contributed by atoms with E-state index in [1.807, 2.05) is 0 Å². The molecule has 1 heterocycles. The Balaban J connectivity index is 2.30. The normalized spacial score (nSPS) is 15.2. The van der Waals surface area contributed by atoms with E-state index in [4.69, 9.17) is 10.5 Å². The highest BCUT2D eigenvalue weighted by molar-refractivity contribution is 8.09. The molecule has 0 saturated heterocycles. The molecule has 7 heteroatoms. The number of nitrogens with zero attached hydrogens (tertiary/aromatic N) is 2. The molecule has 0 bridgehead atoms. The lowest BCUT2D eigenvalue weighted by atomic mass is 10.0. The number of allylic oxidation sites excluding steroid dienone is 4. The summed E-state index contributed by atoms with van der Waals surface area (Å²) in [5.41, 5.74) is 0.242. The van der Waals surface area contributed by atoms with E-state index in [-0.39, 0.29) is 32.1 Å². The van der Waals surface area contributed by atoms with Gasteiger partial charge in [0.1, 0.15) is 29.3 Å². The quantitative estimate of drug-likeness (QED) is 0.734. The fourth-order valence-corrected chi connectivity index (χ4v) is 4.30. The van der Waals surface area contributed by atoms with Gasteiger partial charge in [-0.2, -0.15) is 10.5 Å². The van der Waals surface area contributed by atoms with E-state index >= 15 is 0 Å². The second kappa shape index (κ2) is 6.99. The molecule has 0 aliphatic carbocycles. The van der Waals surface area contributed by atoms with Crippen molar-refractivity contribution in [3.63, 3.8) is 0 Å². The minimum Gasteiger partial charge on any atom is -0.218 e. The van der Waals surface area contributed by atoms with Crippen LogP contribution in [0.3, 0.4) is 0 Å². The van der Waals surface area contributed by atoms with Gasteiger partial charge in [-0.05, 0) is 47.5 Å². The fraction of sp³-hybridized carbons (Fsp3) is 0. The van der Waals surface area contributed by atoms with Crippen molar-refractivity contribution >= 4 is 19.6 Å². The van der Waals surface area contributed by atoms with Gasteiger partial charge in [0.25, 0.3) is 0 Å². The first-order chi connectivity index (χ1) is 12.9. The van der Waals surface area contributed by atoms with E-state index < -0.39 is 21.5 Å². The highest BCUT2D eigenvalue weighted by atomic mass is 32.2. The van der Waals surface area contributed by atoms with Gasteiger partial charge in [-0.15, -0.1) is 0 Å². The summed E-state index contributed by atoms with van der Waals surface area (Å²) in [6.45, 7) is 0. The van der Waals surface area contributed by atoms with Crippen molar-refractivity contribution in [3.8, 4) is 12.1 Å².